The summed E-state index contributed by atoms with van der Waals surface area (Å²) in [5.74, 6) is -0.697. The highest BCUT2D eigenvalue weighted by atomic mass is 19.1. The summed E-state index contributed by atoms with van der Waals surface area (Å²) in [5, 5.41) is 5.34. The minimum absolute atomic E-state index is 0.0648. The first-order chi connectivity index (χ1) is 17.4. The first-order valence-electron chi connectivity index (χ1n) is 11.3. The van der Waals surface area contributed by atoms with E-state index < -0.39 is 17.8 Å². The van der Waals surface area contributed by atoms with Crippen LogP contribution in [0.2, 0.25) is 0 Å². The zero-order valence-corrected chi connectivity index (χ0v) is 20.2. The third-order valence-corrected chi connectivity index (χ3v) is 5.32. The molecule has 2 amide bonds. The van der Waals surface area contributed by atoms with E-state index in [0.29, 0.717) is 11.3 Å². The van der Waals surface area contributed by atoms with Crippen LogP contribution in [0.3, 0.4) is 0 Å². The summed E-state index contributed by atoms with van der Waals surface area (Å²) in [7, 11) is 2.92. The maximum atomic E-state index is 13.7. The number of methoxy groups -OCH3 is 2. The van der Waals surface area contributed by atoms with Gasteiger partial charge in [-0.3, -0.25) is 14.9 Å². The Morgan fingerprint density at radius 2 is 1.69 bits per heavy atom. The van der Waals surface area contributed by atoms with E-state index in [2.05, 4.69) is 15.6 Å². The quantitative estimate of drug-likeness (QED) is 0.297. The number of hydrogen-bond donors (Lipinski definition) is 3. The molecule has 3 rings (SSSR count). The number of ether oxygens (including phenoxy) is 2. The number of nitrogens with two attached hydrogens (primary N) is 1. The van der Waals surface area contributed by atoms with E-state index in [-0.39, 0.29) is 37.0 Å². The van der Waals surface area contributed by atoms with Crippen LogP contribution in [-0.4, -0.2) is 38.0 Å². The van der Waals surface area contributed by atoms with Crippen molar-refractivity contribution in [3.8, 4) is 11.5 Å². The Hall–Kier alpha value is -4.40. The van der Waals surface area contributed by atoms with Crippen molar-refractivity contribution in [2.45, 2.75) is 25.4 Å². The van der Waals surface area contributed by atoms with Gasteiger partial charge in [0.1, 0.15) is 11.8 Å². The Kier molecular flexibility index (Phi) is 9.39. The van der Waals surface area contributed by atoms with Crippen LogP contribution in [0, 0.1) is 5.82 Å². The summed E-state index contributed by atoms with van der Waals surface area (Å²) in [4.78, 5) is 29.8. The van der Waals surface area contributed by atoms with E-state index in [1.54, 1.807) is 37.4 Å². The molecular formula is C27H29FN4O4. The van der Waals surface area contributed by atoms with Crippen LogP contribution >= 0.6 is 0 Å². The van der Waals surface area contributed by atoms with Gasteiger partial charge < -0.3 is 20.5 Å². The van der Waals surface area contributed by atoms with Crippen LogP contribution < -0.4 is 25.8 Å². The summed E-state index contributed by atoms with van der Waals surface area (Å²) in [5.41, 5.74) is 8.27. The lowest BCUT2D eigenvalue weighted by molar-refractivity contribution is -0.122. The van der Waals surface area contributed by atoms with E-state index in [1.165, 1.54) is 19.2 Å². The molecule has 0 radical (unpaired) electrons. The van der Waals surface area contributed by atoms with Crippen molar-refractivity contribution in [2.24, 2.45) is 10.7 Å². The van der Waals surface area contributed by atoms with Gasteiger partial charge in [0.15, 0.2) is 17.5 Å². The summed E-state index contributed by atoms with van der Waals surface area (Å²) in [6.45, 7) is 0.137. The zero-order valence-electron chi connectivity index (χ0n) is 20.2. The first kappa shape index (κ1) is 26.2. The van der Waals surface area contributed by atoms with Crippen molar-refractivity contribution in [1.29, 1.82) is 0 Å². The number of carbonyl (C=O) groups excluding carboxylic acids is 2. The number of amides is 2. The molecule has 0 aliphatic rings. The fourth-order valence-corrected chi connectivity index (χ4v) is 3.51. The Bertz CT molecular complexity index is 1220. The summed E-state index contributed by atoms with van der Waals surface area (Å²) < 4.78 is 23.8. The molecule has 0 aliphatic heterocycles. The lowest BCUT2D eigenvalue weighted by Gasteiger charge is -2.15. The minimum atomic E-state index is -0.896. The average Bonchev–Trinajstić information content (AvgIpc) is 2.88. The van der Waals surface area contributed by atoms with E-state index >= 15 is 0 Å². The standard InChI is InChI=1S/C27H29FN4O4/c1-35-21-10-6-9-19(13-21)16-25(33)32-27(29)31-23(14-18-7-4-3-5-8-18)26(34)30-17-20-11-12-22(28)24(15-20)36-2/h3-13,15,23H,14,16-17H2,1-2H3,(H,30,34)(H3,29,31,32,33). The number of carbonyl (C=O) groups is 2. The Labute approximate surface area is 209 Å². The topological polar surface area (TPSA) is 115 Å². The summed E-state index contributed by atoms with van der Waals surface area (Å²) >= 11 is 0. The van der Waals surface area contributed by atoms with Gasteiger partial charge in [-0.1, -0.05) is 48.5 Å². The summed E-state index contributed by atoms with van der Waals surface area (Å²) in [6.07, 6.45) is 0.335. The maximum Gasteiger partial charge on any atom is 0.245 e. The van der Waals surface area contributed by atoms with Gasteiger partial charge in [0.05, 0.1) is 20.6 Å². The SMILES string of the molecule is COc1cccc(CC(=O)NC(N)=NC(Cc2ccccc2)C(=O)NCc2ccc(F)c(OC)c2)c1. The van der Waals surface area contributed by atoms with Gasteiger partial charge in [0.25, 0.3) is 0 Å². The molecule has 3 aromatic carbocycles. The molecule has 0 fully saturated rings. The second-order valence-electron chi connectivity index (χ2n) is 7.98. The number of nitrogens with zero attached hydrogens (tertiary/aromatic N) is 1. The van der Waals surface area contributed by atoms with E-state index in [0.717, 1.165) is 11.1 Å². The highest BCUT2D eigenvalue weighted by molar-refractivity contribution is 5.98. The molecule has 0 saturated heterocycles. The second-order valence-corrected chi connectivity index (χ2v) is 7.98. The number of benzene rings is 3. The van der Waals surface area contributed by atoms with E-state index in [9.17, 15) is 14.0 Å². The van der Waals surface area contributed by atoms with Crippen LogP contribution in [0.4, 0.5) is 4.39 Å². The van der Waals surface area contributed by atoms with Crippen LogP contribution in [-0.2, 0) is 29.0 Å². The van der Waals surface area contributed by atoms with Crippen LogP contribution in [0.15, 0.2) is 77.8 Å². The largest absolute Gasteiger partial charge is 0.497 e. The smallest absolute Gasteiger partial charge is 0.245 e. The third-order valence-electron chi connectivity index (χ3n) is 5.32. The first-order valence-corrected chi connectivity index (χ1v) is 11.3. The van der Waals surface area contributed by atoms with Crippen molar-refractivity contribution in [3.05, 3.63) is 95.3 Å². The van der Waals surface area contributed by atoms with Gasteiger partial charge >= 0.3 is 0 Å². The normalized spacial score (nSPS) is 11.9. The number of hydrogen-bond acceptors (Lipinski definition) is 5. The van der Waals surface area contributed by atoms with Crippen LogP contribution in [0.1, 0.15) is 16.7 Å². The van der Waals surface area contributed by atoms with Gasteiger partial charge in [0, 0.05) is 13.0 Å². The van der Waals surface area contributed by atoms with Crippen molar-refractivity contribution in [1.82, 2.24) is 10.6 Å². The average molecular weight is 493 g/mol. The lowest BCUT2D eigenvalue weighted by atomic mass is 10.1. The number of halogens is 1. The molecule has 1 unspecified atom stereocenters. The highest BCUT2D eigenvalue weighted by Gasteiger charge is 2.19. The molecule has 188 valence electrons. The maximum absolute atomic E-state index is 13.7. The van der Waals surface area contributed by atoms with Gasteiger partial charge in [-0.15, -0.1) is 0 Å². The fraction of sp³-hybridized carbons (Fsp3) is 0.222. The lowest BCUT2D eigenvalue weighted by Crippen LogP contribution is -2.42. The predicted octanol–water partition coefficient (Wildman–Crippen LogP) is 2.74. The molecule has 1 atom stereocenters. The molecule has 8 nitrogen and oxygen atoms in total. The predicted molar refractivity (Wildman–Crippen MR) is 135 cm³/mol. The van der Waals surface area contributed by atoms with Crippen molar-refractivity contribution in [2.75, 3.05) is 14.2 Å². The number of aliphatic imine (C=N–C) groups is 1. The number of nitrogens with one attached hydrogen (secondary N) is 2. The molecule has 0 spiro atoms. The van der Waals surface area contributed by atoms with E-state index in [1.807, 2.05) is 30.3 Å². The second kappa shape index (κ2) is 12.9. The zero-order chi connectivity index (χ0) is 25.9. The molecule has 4 N–H and O–H groups in total. The van der Waals surface area contributed by atoms with Crippen molar-refractivity contribution < 1.29 is 23.5 Å². The molecule has 0 saturated carbocycles. The Morgan fingerprint density at radius 3 is 2.42 bits per heavy atom. The third kappa shape index (κ3) is 7.83. The molecule has 3 aromatic rings. The minimum Gasteiger partial charge on any atom is -0.497 e. The molecular weight excluding hydrogens is 463 g/mol. The van der Waals surface area contributed by atoms with Gasteiger partial charge in [0.2, 0.25) is 11.8 Å². The fourth-order valence-electron chi connectivity index (χ4n) is 3.51. The Morgan fingerprint density at radius 1 is 0.944 bits per heavy atom. The number of guanidine groups is 1. The number of rotatable bonds is 10. The molecule has 0 bridgehead atoms. The Balaban J connectivity index is 1.69. The van der Waals surface area contributed by atoms with Crippen molar-refractivity contribution >= 4 is 17.8 Å². The van der Waals surface area contributed by atoms with Gasteiger partial charge in [-0.2, -0.15) is 0 Å². The van der Waals surface area contributed by atoms with Gasteiger partial charge in [-0.25, -0.2) is 9.38 Å². The molecule has 0 aromatic heterocycles. The monoisotopic (exact) mass is 492 g/mol. The van der Waals surface area contributed by atoms with Crippen molar-refractivity contribution in [3.63, 3.8) is 0 Å². The molecule has 36 heavy (non-hydrogen) atoms. The van der Waals surface area contributed by atoms with Gasteiger partial charge in [-0.05, 0) is 41.0 Å². The van der Waals surface area contributed by atoms with Crippen LogP contribution in [0.25, 0.3) is 0 Å². The molecule has 0 aliphatic carbocycles. The molecule has 9 heteroatoms. The highest BCUT2D eigenvalue weighted by Crippen LogP contribution is 2.18. The van der Waals surface area contributed by atoms with Crippen LogP contribution in [0.5, 0.6) is 11.5 Å². The molecule has 0 heterocycles. The summed E-state index contributed by atoms with van der Waals surface area (Å²) in [6, 6.07) is 19.9. The van der Waals surface area contributed by atoms with E-state index in [4.69, 9.17) is 15.2 Å².